The monoisotopic (exact) mass is 289 g/mol. The van der Waals surface area contributed by atoms with Gasteiger partial charge in [0.25, 0.3) is 5.89 Å². The molecule has 104 valence electrons. The highest BCUT2D eigenvalue weighted by molar-refractivity contribution is 7.18. The maximum Gasteiger partial charge on any atom is 0.268 e. The van der Waals surface area contributed by atoms with Gasteiger partial charge in [-0.05, 0) is 26.2 Å². The van der Waals surface area contributed by atoms with E-state index in [4.69, 9.17) is 4.52 Å². The molecule has 0 aliphatic carbocycles. The Bertz CT molecular complexity index is 671. The molecule has 0 saturated carbocycles. The van der Waals surface area contributed by atoms with Gasteiger partial charge in [-0.15, -0.1) is 11.3 Å². The van der Waals surface area contributed by atoms with Crippen LogP contribution in [0, 0.1) is 0 Å². The van der Waals surface area contributed by atoms with Gasteiger partial charge in [0, 0.05) is 25.4 Å². The first kappa shape index (κ1) is 13.0. The molecule has 0 saturated heterocycles. The summed E-state index contributed by atoms with van der Waals surface area (Å²) in [7, 11) is 4.05. The molecule has 0 amide bonds. The molecule has 0 fully saturated rings. The number of hydrogen-bond donors (Lipinski definition) is 1. The smallest absolute Gasteiger partial charge is 0.268 e. The van der Waals surface area contributed by atoms with E-state index in [2.05, 4.69) is 25.0 Å². The minimum atomic E-state index is 0.571. The second kappa shape index (κ2) is 5.56. The molecule has 0 atom stereocenters. The summed E-state index contributed by atoms with van der Waals surface area (Å²) in [6.07, 6.45) is 4.33. The first-order chi connectivity index (χ1) is 9.72. The number of aromatic amines is 1. The van der Waals surface area contributed by atoms with Gasteiger partial charge in [0.2, 0.25) is 0 Å². The molecule has 20 heavy (non-hydrogen) atoms. The SMILES string of the molecule is CN(C)CCc1noc(-c2ccc(-c3ncc[nH]3)s2)n1. The van der Waals surface area contributed by atoms with E-state index in [0.717, 1.165) is 34.4 Å². The summed E-state index contributed by atoms with van der Waals surface area (Å²) >= 11 is 1.58. The highest BCUT2D eigenvalue weighted by Gasteiger charge is 2.13. The van der Waals surface area contributed by atoms with E-state index in [9.17, 15) is 0 Å². The van der Waals surface area contributed by atoms with Gasteiger partial charge in [-0.25, -0.2) is 4.98 Å². The summed E-state index contributed by atoms with van der Waals surface area (Å²) in [5.41, 5.74) is 0. The normalized spacial score (nSPS) is 11.3. The third-order valence-electron chi connectivity index (χ3n) is 2.80. The van der Waals surface area contributed by atoms with Gasteiger partial charge in [-0.1, -0.05) is 5.16 Å². The summed E-state index contributed by atoms with van der Waals surface area (Å²) < 4.78 is 5.31. The molecule has 7 heteroatoms. The average Bonchev–Trinajstić information content (AvgIpc) is 3.15. The molecule has 3 rings (SSSR count). The van der Waals surface area contributed by atoms with E-state index >= 15 is 0 Å². The fourth-order valence-corrected chi connectivity index (χ4v) is 2.65. The van der Waals surface area contributed by atoms with Crippen LogP contribution in [0.4, 0.5) is 0 Å². The fraction of sp³-hybridized carbons (Fsp3) is 0.308. The van der Waals surface area contributed by atoms with E-state index < -0.39 is 0 Å². The van der Waals surface area contributed by atoms with Crippen LogP contribution in [0.1, 0.15) is 5.82 Å². The zero-order valence-electron chi connectivity index (χ0n) is 11.3. The summed E-state index contributed by atoms with van der Waals surface area (Å²) in [4.78, 5) is 15.8. The van der Waals surface area contributed by atoms with Gasteiger partial charge >= 0.3 is 0 Å². The van der Waals surface area contributed by atoms with Crippen LogP contribution < -0.4 is 0 Å². The van der Waals surface area contributed by atoms with Crippen LogP contribution in [0.2, 0.25) is 0 Å². The van der Waals surface area contributed by atoms with Crippen LogP contribution in [0.3, 0.4) is 0 Å². The Morgan fingerprint density at radius 2 is 2.15 bits per heavy atom. The number of H-pyrrole nitrogens is 1. The number of thiophene rings is 1. The molecule has 6 nitrogen and oxygen atoms in total. The molecule has 1 N–H and O–H groups in total. The van der Waals surface area contributed by atoms with Crippen LogP contribution in [-0.4, -0.2) is 45.6 Å². The predicted molar refractivity (Wildman–Crippen MR) is 77.5 cm³/mol. The van der Waals surface area contributed by atoms with E-state index in [1.165, 1.54) is 0 Å². The summed E-state index contributed by atoms with van der Waals surface area (Å²) in [6.45, 7) is 0.904. The number of rotatable bonds is 5. The van der Waals surface area contributed by atoms with Crippen molar-refractivity contribution in [1.29, 1.82) is 0 Å². The molecule has 0 bridgehead atoms. The molecule has 3 aromatic rings. The third kappa shape index (κ3) is 2.78. The van der Waals surface area contributed by atoms with Crippen molar-refractivity contribution in [2.24, 2.45) is 0 Å². The number of nitrogens with zero attached hydrogens (tertiary/aromatic N) is 4. The Labute approximate surface area is 120 Å². The zero-order valence-corrected chi connectivity index (χ0v) is 12.1. The Morgan fingerprint density at radius 1 is 1.30 bits per heavy atom. The first-order valence-corrected chi connectivity index (χ1v) is 7.11. The standard InChI is InChI=1S/C13H15N5OS/c1-18(2)8-5-11-16-13(19-17-11)10-4-3-9(20-10)12-14-6-7-15-12/h3-4,6-7H,5,8H2,1-2H3,(H,14,15). The quantitative estimate of drug-likeness (QED) is 0.780. The molecule has 0 spiro atoms. The van der Waals surface area contributed by atoms with Crippen LogP contribution in [-0.2, 0) is 6.42 Å². The average molecular weight is 289 g/mol. The summed E-state index contributed by atoms with van der Waals surface area (Å²) in [6, 6.07) is 3.98. The maximum absolute atomic E-state index is 5.31. The van der Waals surface area contributed by atoms with Crippen molar-refractivity contribution in [3.8, 4) is 21.5 Å². The van der Waals surface area contributed by atoms with Crippen molar-refractivity contribution < 1.29 is 4.52 Å². The van der Waals surface area contributed by atoms with Crippen molar-refractivity contribution in [2.75, 3.05) is 20.6 Å². The van der Waals surface area contributed by atoms with Crippen molar-refractivity contribution in [2.45, 2.75) is 6.42 Å². The fourth-order valence-electron chi connectivity index (χ4n) is 1.76. The van der Waals surface area contributed by atoms with Gasteiger partial charge in [0.15, 0.2) is 5.82 Å². The molecule has 0 radical (unpaired) electrons. The maximum atomic E-state index is 5.31. The van der Waals surface area contributed by atoms with E-state index in [1.807, 2.05) is 26.2 Å². The summed E-state index contributed by atoms with van der Waals surface area (Å²) in [5, 5.41) is 4.01. The Balaban J connectivity index is 1.76. The van der Waals surface area contributed by atoms with Gasteiger partial charge in [-0.3, -0.25) is 0 Å². The lowest BCUT2D eigenvalue weighted by molar-refractivity contribution is 0.392. The molecular weight excluding hydrogens is 274 g/mol. The first-order valence-electron chi connectivity index (χ1n) is 6.29. The topological polar surface area (TPSA) is 70.8 Å². The van der Waals surface area contributed by atoms with Crippen LogP contribution >= 0.6 is 11.3 Å². The predicted octanol–water partition coefficient (Wildman–Crippen LogP) is 2.29. The molecule has 3 heterocycles. The largest absolute Gasteiger partial charge is 0.344 e. The number of likely N-dealkylation sites (N-methyl/N-ethyl adjacent to an activating group) is 1. The van der Waals surface area contributed by atoms with Gasteiger partial charge < -0.3 is 14.4 Å². The molecule has 0 aliphatic rings. The van der Waals surface area contributed by atoms with Gasteiger partial charge in [0.05, 0.1) is 9.75 Å². The molecule has 0 unspecified atom stereocenters. The molecule has 0 aliphatic heterocycles. The van der Waals surface area contributed by atoms with Crippen molar-refractivity contribution in [3.05, 3.63) is 30.4 Å². The number of imidazole rings is 1. The number of nitrogens with one attached hydrogen (secondary N) is 1. The van der Waals surface area contributed by atoms with Gasteiger partial charge in [0.1, 0.15) is 5.82 Å². The molecular formula is C13H15N5OS. The minimum Gasteiger partial charge on any atom is -0.344 e. The van der Waals surface area contributed by atoms with Crippen LogP contribution in [0.25, 0.3) is 21.5 Å². The Hall–Kier alpha value is -1.99. The second-order valence-corrected chi connectivity index (χ2v) is 5.75. The van der Waals surface area contributed by atoms with Crippen molar-refractivity contribution in [3.63, 3.8) is 0 Å². The molecule has 3 aromatic heterocycles. The van der Waals surface area contributed by atoms with Crippen molar-refractivity contribution in [1.82, 2.24) is 25.0 Å². The minimum absolute atomic E-state index is 0.571. The van der Waals surface area contributed by atoms with Crippen molar-refractivity contribution >= 4 is 11.3 Å². The van der Waals surface area contributed by atoms with Crippen LogP contribution in [0.5, 0.6) is 0 Å². The van der Waals surface area contributed by atoms with E-state index in [0.29, 0.717) is 5.89 Å². The Morgan fingerprint density at radius 3 is 2.90 bits per heavy atom. The Kier molecular flexibility index (Phi) is 3.62. The molecule has 0 aromatic carbocycles. The third-order valence-corrected chi connectivity index (χ3v) is 3.88. The highest BCUT2D eigenvalue weighted by Crippen LogP contribution is 2.31. The highest BCUT2D eigenvalue weighted by atomic mass is 32.1. The number of hydrogen-bond acceptors (Lipinski definition) is 6. The summed E-state index contributed by atoms with van der Waals surface area (Å²) in [5.74, 6) is 2.16. The number of aromatic nitrogens is 4. The second-order valence-electron chi connectivity index (χ2n) is 4.67. The lowest BCUT2D eigenvalue weighted by atomic mass is 10.4. The zero-order chi connectivity index (χ0) is 13.9. The van der Waals surface area contributed by atoms with E-state index in [-0.39, 0.29) is 0 Å². The van der Waals surface area contributed by atoms with E-state index in [1.54, 1.807) is 23.7 Å². The lowest BCUT2D eigenvalue weighted by Gasteiger charge is -2.05. The van der Waals surface area contributed by atoms with Crippen LogP contribution in [0.15, 0.2) is 29.0 Å². The lowest BCUT2D eigenvalue weighted by Crippen LogP contribution is -2.15. The van der Waals surface area contributed by atoms with Gasteiger partial charge in [-0.2, -0.15) is 4.98 Å².